The first-order chi connectivity index (χ1) is 9.56. The first kappa shape index (κ1) is 15.5. The highest BCUT2D eigenvalue weighted by Gasteiger charge is 2.23. The molecule has 0 amide bonds. The second-order valence-electron chi connectivity index (χ2n) is 4.53. The smallest absolute Gasteiger partial charge is 0.142 e. The Bertz CT molecular complexity index is 581. The fraction of sp³-hybridized carbons (Fsp3) is 0.357. The van der Waals surface area contributed by atoms with Gasteiger partial charge >= 0.3 is 0 Å². The number of aryl methyl sites for hydroxylation is 1. The molecular weight excluding hydrogens is 345 g/mol. The largest absolute Gasteiger partial charge is 0.305 e. The van der Waals surface area contributed by atoms with E-state index in [-0.39, 0.29) is 11.1 Å². The van der Waals surface area contributed by atoms with Gasteiger partial charge in [0.2, 0.25) is 0 Å². The minimum atomic E-state index is -0.411. The maximum atomic E-state index is 13.7. The molecule has 0 aliphatic carbocycles. The molecule has 0 radical (unpaired) electrons. The third kappa shape index (κ3) is 3.05. The van der Waals surface area contributed by atoms with Crippen molar-refractivity contribution < 1.29 is 4.39 Å². The van der Waals surface area contributed by atoms with Crippen LogP contribution in [0.1, 0.15) is 30.6 Å². The van der Waals surface area contributed by atoms with Crippen LogP contribution in [0.15, 0.2) is 28.9 Å². The maximum absolute atomic E-state index is 13.7. The highest BCUT2D eigenvalue weighted by atomic mass is 79.9. The van der Waals surface area contributed by atoms with Gasteiger partial charge in [0.15, 0.2) is 0 Å². The molecule has 20 heavy (non-hydrogen) atoms. The zero-order valence-corrected chi connectivity index (χ0v) is 13.7. The minimum Gasteiger partial charge on any atom is -0.305 e. The summed E-state index contributed by atoms with van der Waals surface area (Å²) in [6, 6.07) is 4.65. The van der Waals surface area contributed by atoms with E-state index in [1.807, 2.05) is 13.1 Å². The Kier molecular flexibility index (Phi) is 5.18. The molecule has 0 saturated heterocycles. The van der Waals surface area contributed by atoms with E-state index >= 15 is 0 Å². The van der Waals surface area contributed by atoms with E-state index in [9.17, 15) is 4.39 Å². The predicted molar refractivity (Wildman–Crippen MR) is 82.5 cm³/mol. The van der Waals surface area contributed by atoms with Gasteiger partial charge in [0.25, 0.3) is 0 Å². The Hall–Kier alpha value is -0.910. The quantitative estimate of drug-likeness (QED) is 0.871. The molecule has 1 aromatic heterocycles. The number of benzene rings is 1. The number of nitrogens with one attached hydrogen (secondary N) is 1. The first-order valence-corrected chi connectivity index (χ1v) is 7.58. The van der Waals surface area contributed by atoms with Crippen LogP contribution in [0.3, 0.4) is 0 Å². The molecule has 6 heteroatoms. The second-order valence-corrected chi connectivity index (χ2v) is 5.76. The highest BCUT2D eigenvalue weighted by molar-refractivity contribution is 9.10. The lowest BCUT2D eigenvalue weighted by Crippen LogP contribution is -2.26. The summed E-state index contributed by atoms with van der Waals surface area (Å²) in [7, 11) is 1.86. The summed E-state index contributed by atoms with van der Waals surface area (Å²) < 4.78 is 16.3. The Labute approximate surface area is 131 Å². The molecule has 2 aromatic rings. The molecule has 1 unspecified atom stereocenters. The van der Waals surface area contributed by atoms with Crippen molar-refractivity contribution in [3.8, 4) is 0 Å². The van der Waals surface area contributed by atoms with Crippen LogP contribution in [-0.4, -0.2) is 16.3 Å². The number of hydrogen-bond acceptors (Lipinski definition) is 2. The second kappa shape index (κ2) is 6.70. The van der Waals surface area contributed by atoms with Crippen LogP contribution in [0.4, 0.5) is 4.39 Å². The van der Waals surface area contributed by atoms with Gasteiger partial charge in [0, 0.05) is 7.05 Å². The molecule has 0 saturated carbocycles. The summed E-state index contributed by atoms with van der Waals surface area (Å²) in [5.41, 5.74) is 1.63. The summed E-state index contributed by atoms with van der Waals surface area (Å²) in [4.78, 5) is 0. The van der Waals surface area contributed by atoms with E-state index in [0.29, 0.717) is 5.56 Å². The minimum absolute atomic E-state index is 0.147. The van der Waals surface area contributed by atoms with Crippen molar-refractivity contribution in [2.45, 2.75) is 19.4 Å². The van der Waals surface area contributed by atoms with Crippen LogP contribution in [0.5, 0.6) is 0 Å². The van der Waals surface area contributed by atoms with Crippen molar-refractivity contribution in [1.82, 2.24) is 15.1 Å². The van der Waals surface area contributed by atoms with Gasteiger partial charge < -0.3 is 5.32 Å². The third-order valence-electron chi connectivity index (χ3n) is 3.10. The van der Waals surface area contributed by atoms with E-state index in [4.69, 9.17) is 11.6 Å². The summed E-state index contributed by atoms with van der Waals surface area (Å²) in [6.45, 7) is 2.88. The molecule has 0 aliphatic heterocycles. The zero-order chi connectivity index (χ0) is 14.7. The van der Waals surface area contributed by atoms with Gasteiger partial charge in [0.1, 0.15) is 5.82 Å². The number of hydrogen-bond donors (Lipinski definition) is 1. The lowest BCUT2D eigenvalue weighted by Gasteiger charge is -2.21. The predicted octanol–water partition coefficient (Wildman–Crippen LogP) is 4.06. The average molecular weight is 361 g/mol. The van der Waals surface area contributed by atoms with Gasteiger partial charge in [-0.05, 0) is 40.5 Å². The Morgan fingerprint density at radius 2 is 2.25 bits per heavy atom. The zero-order valence-electron chi connectivity index (χ0n) is 11.3. The Morgan fingerprint density at radius 1 is 1.50 bits per heavy atom. The van der Waals surface area contributed by atoms with E-state index in [0.717, 1.165) is 23.1 Å². The van der Waals surface area contributed by atoms with Gasteiger partial charge in [-0.1, -0.05) is 30.7 Å². The summed E-state index contributed by atoms with van der Waals surface area (Å²) in [5.74, 6) is -0.411. The molecule has 0 fully saturated rings. The van der Waals surface area contributed by atoms with Crippen LogP contribution in [0, 0.1) is 5.82 Å². The normalized spacial score (nSPS) is 12.7. The molecule has 1 N–H and O–H groups in total. The van der Waals surface area contributed by atoms with Crippen molar-refractivity contribution in [1.29, 1.82) is 0 Å². The molecular formula is C14H16BrClFN3. The third-order valence-corrected chi connectivity index (χ3v) is 4.11. The molecule has 1 atom stereocenters. The van der Waals surface area contributed by atoms with Gasteiger partial charge in [-0.15, -0.1) is 0 Å². The van der Waals surface area contributed by atoms with Gasteiger partial charge in [0.05, 0.1) is 27.4 Å². The number of nitrogens with zero attached hydrogens (tertiary/aromatic N) is 2. The van der Waals surface area contributed by atoms with Crippen molar-refractivity contribution in [2.75, 3.05) is 6.54 Å². The monoisotopic (exact) mass is 359 g/mol. The molecule has 0 aliphatic rings. The summed E-state index contributed by atoms with van der Waals surface area (Å²) in [6.07, 6.45) is 2.70. The SMILES string of the molecule is CCCNC(c1cccc(F)c1Cl)c1c(Br)cnn1C. The fourth-order valence-electron chi connectivity index (χ4n) is 2.13. The van der Waals surface area contributed by atoms with Crippen molar-refractivity contribution in [3.05, 3.63) is 51.0 Å². The van der Waals surface area contributed by atoms with Crippen molar-refractivity contribution in [2.24, 2.45) is 7.05 Å². The lowest BCUT2D eigenvalue weighted by atomic mass is 10.0. The van der Waals surface area contributed by atoms with E-state index < -0.39 is 5.82 Å². The lowest BCUT2D eigenvalue weighted by molar-refractivity contribution is 0.546. The molecule has 1 aromatic carbocycles. The van der Waals surface area contributed by atoms with Gasteiger partial charge in [-0.3, -0.25) is 4.68 Å². The summed E-state index contributed by atoms with van der Waals surface area (Å²) >= 11 is 9.62. The molecule has 0 bridgehead atoms. The first-order valence-electron chi connectivity index (χ1n) is 6.41. The van der Waals surface area contributed by atoms with Crippen molar-refractivity contribution >= 4 is 27.5 Å². The van der Waals surface area contributed by atoms with Crippen LogP contribution in [0.2, 0.25) is 5.02 Å². The number of halogens is 3. The highest BCUT2D eigenvalue weighted by Crippen LogP contribution is 2.33. The number of rotatable bonds is 5. The van der Waals surface area contributed by atoms with E-state index in [1.165, 1.54) is 6.07 Å². The Morgan fingerprint density at radius 3 is 2.85 bits per heavy atom. The molecule has 1 heterocycles. The molecule has 108 valence electrons. The van der Waals surface area contributed by atoms with Gasteiger partial charge in [-0.2, -0.15) is 5.10 Å². The topological polar surface area (TPSA) is 29.9 Å². The standard InChI is InChI=1S/C14H16BrClFN3/c1-3-7-18-13(14-10(15)8-19-20(14)2)9-5-4-6-11(17)12(9)16/h4-6,8,13,18H,3,7H2,1-2H3. The van der Waals surface area contributed by atoms with Crippen LogP contribution in [0.25, 0.3) is 0 Å². The molecule has 3 nitrogen and oxygen atoms in total. The van der Waals surface area contributed by atoms with E-state index in [1.54, 1.807) is 16.9 Å². The summed E-state index contributed by atoms with van der Waals surface area (Å²) in [5, 5.41) is 7.76. The molecule has 0 spiro atoms. The molecule has 2 rings (SSSR count). The van der Waals surface area contributed by atoms with Crippen LogP contribution >= 0.6 is 27.5 Å². The van der Waals surface area contributed by atoms with Crippen LogP contribution < -0.4 is 5.32 Å². The maximum Gasteiger partial charge on any atom is 0.142 e. The van der Waals surface area contributed by atoms with Crippen LogP contribution in [-0.2, 0) is 7.05 Å². The van der Waals surface area contributed by atoms with Crippen molar-refractivity contribution in [3.63, 3.8) is 0 Å². The Balaban J connectivity index is 2.50. The van der Waals surface area contributed by atoms with Gasteiger partial charge in [-0.25, -0.2) is 4.39 Å². The number of aromatic nitrogens is 2. The van der Waals surface area contributed by atoms with E-state index in [2.05, 4.69) is 33.3 Å². The fourth-order valence-corrected chi connectivity index (χ4v) is 2.94. The average Bonchev–Trinajstić information content (AvgIpc) is 2.75.